The van der Waals surface area contributed by atoms with Crippen molar-refractivity contribution in [3.8, 4) is 0 Å². The summed E-state index contributed by atoms with van der Waals surface area (Å²) >= 11 is 0. The van der Waals surface area contributed by atoms with Crippen molar-refractivity contribution in [2.45, 2.75) is 32.1 Å². The quantitative estimate of drug-likeness (QED) is 0.789. The van der Waals surface area contributed by atoms with Gasteiger partial charge in [-0.15, -0.1) is 0 Å². The normalized spacial score (nSPS) is 22.4. The Kier molecular flexibility index (Phi) is 3.79. The van der Waals surface area contributed by atoms with Gasteiger partial charge in [-0.25, -0.2) is 14.0 Å². The van der Waals surface area contributed by atoms with Gasteiger partial charge in [0.2, 0.25) is 0 Å². The first kappa shape index (κ1) is 13.5. The van der Waals surface area contributed by atoms with Crippen LogP contribution in [-0.4, -0.2) is 28.2 Å². The van der Waals surface area contributed by atoms with Crippen LogP contribution in [0.4, 0.5) is 10.2 Å². The minimum Gasteiger partial charge on any atom is -0.464 e. The number of nitrogens with two attached hydrogens (primary N) is 1. The molecule has 1 saturated heterocycles. The van der Waals surface area contributed by atoms with Gasteiger partial charge in [0.05, 0.1) is 12.8 Å². The number of halogens is 1. The van der Waals surface area contributed by atoms with E-state index in [0.29, 0.717) is 12.8 Å². The highest BCUT2D eigenvalue weighted by molar-refractivity contribution is 5.74. The standard InChI is InChI=1S/C11H14FN3O4/c1-2-18-10(16)7-3-4-8(19-7)15-5-6(12)9(13)14-11(15)17/h5,7-8H,2-4H2,1H3,(H2,13,14,17)/t7?,8-/m0/s1. The highest BCUT2D eigenvalue weighted by Gasteiger charge is 2.33. The van der Waals surface area contributed by atoms with Gasteiger partial charge < -0.3 is 15.2 Å². The van der Waals surface area contributed by atoms with Crippen LogP contribution in [0.2, 0.25) is 0 Å². The summed E-state index contributed by atoms with van der Waals surface area (Å²) in [5.74, 6) is -1.74. The lowest BCUT2D eigenvalue weighted by Crippen LogP contribution is -2.30. The topological polar surface area (TPSA) is 96.4 Å². The number of aromatic nitrogens is 2. The average Bonchev–Trinajstić information content (AvgIpc) is 2.83. The smallest absolute Gasteiger partial charge is 0.351 e. The number of ether oxygens (including phenoxy) is 2. The number of nitrogen functional groups attached to an aromatic ring is 1. The van der Waals surface area contributed by atoms with Gasteiger partial charge in [-0.05, 0) is 19.8 Å². The predicted molar refractivity (Wildman–Crippen MR) is 62.6 cm³/mol. The third-order valence-electron chi connectivity index (χ3n) is 2.79. The molecule has 7 nitrogen and oxygen atoms in total. The molecule has 0 radical (unpaired) electrons. The van der Waals surface area contributed by atoms with E-state index in [0.717, 1.165) is 10.8 Å². The van der Waals surface area contributed by atoms with Crippen molar-refractivity contribution in [3.05, 3.63) is 22.5 Å². The van der Waals surface area contributed by atoms with Crippen LogP contribution in [-0.2, 0) is 14.3 Å². The molecule has 0 bridgehead atoms. The van der Waals surface area contributed by atoms with Crippen LogP contribution in [0.3, 0.4) is 0 Å². The molecule has 2 atom stereocenters. The number of rotatable bonds is 3. The first-order chi connectivity index (χ1) is 9.02. The highest BCUT2D eigenvalue weighted by atomic mass is 19.1. The van der Waals surface area contributed by atoms with Crippen molar-refractivity contribution in [1.29, 1.82) is 0 Å². The van der Waals surface area contributed by atoms with Gasteiger partial charge in [-0.3, -0.25) is 4.57 Å². The van der Waals surface area contributed by atoms with Crippen LogP contribution in [0.25, 0.3) is 0 Å². The molecule has 0 saturated carbocycles. The maximum Gasteiger partial charge on any atom is 0.351 e. The fourth-order valence-electron chi connectivity index (χ4n) is 1.90. The number of hydrogen-bond acceptors (Lipinski definition) is 6. The van der Waals surface area contributed by atoms with Crippen molar-refractivity contribution in [1.82, 2.24) is 9.55 Å². The molecule has 2 heterocycles. The van der Waals surface area contributed by atoms with Crippen molar-refractivity contribution >= 4 is 11.8 Å². The first-order valence-electron chi connectivity index (χ1n) is 5.89. The van der Waals surface area contributed by atoms with Crippen LogP contribution in [0.1, 0.15) is 26.0 Å². The Balaban J connectivity index is 2.15. The monoisotopic (exact) mass is 271 g/mol. The number of hydrogen-bond donors (Lipinski definition) is 1. The second-order valence-electron chi connectivity index (χ2n) is 4.07. The summed E-state index contributed by atoms with van der Waals surface area (Å²) in [7, 11) is 0. The fourth-order valence-corrected chi connectivity index (χ4v) is 1.90. The lowest BCUT2D eigenvalue weighted by Gasteiger charge is -2.15. The molecule has 1 unspecified atom stereocenters. The number of carbonyl (C=O) groups excluding carboxylic acids is 1. The second kappa shape index (κ2) is 5.35. The molecular formula is C11H14FN3O4. The van der Waals surface area contributed by atoms with E-state index in [9.17, 15) is 14.0 Å². The number of nitrogens with zero attached hydrogens (tertiary/aromatic N) is 2. The molecule has 0 aliphatic carbocycles. The van der Waals surface area contributed by atoms with E-state index in [4.69, 9.17) is 15.2 Å². The van der Waals surface area contributed by atoms with Crippen molar-refractivity contribution in [2.75, 3.05) is 12.3 Å². The summed E-state index contributed by atoms with van der Waals surface area (Å²) in [6, 6.07) is 0. The lowest BCUT2D eigenvalue weighted by atomic mass is 10.2. The Hall–Kier alpha value is -1.96. The largest absolute Gasteiger partial charge is 0.464 e. The maximum atomic E-state index is 13.3. The summed E-state index contributed by atoms with van der Waals surface area (Å²) in [6.45, 7) is 1.94. The molecule has 1 aliphatic heterocycles. The Morgan fingerprint density at radius 2 is 2.42 bits per heavy atom. The van der Waals surface area contributed by atoms with E-state index in [2.05, 4.69) is 4.98 Å². The van der Waals surface area contributed by atoms with E-state index in [1.807, 2.05) is 0 Å². The van der Waals surface area contributed by atoms with Crippen LogP contribution in [0.5, 0.6) is 0 Å². The fraction of sp³-hybridized carbons (Fsp3) is 0.545. The third-order valence-corrected chi connectivity index (χ3v) is 2.79. The van der Waals surface area contributed by atoms with Crippen LogP contribution in [0, 0.1) is 5.82 Å². The van der Waals surface area contributed by atoms with E-state index < -0.39 is 35.6 Å². The average molecular weight is 271 g/mol. The molecule has 1 fully saturated rings. The molecular weight excluding hydrogens is 257 g/mol. The molecule has 1 aromatic heterocycles. The first-order valence-corrected chi connectivity index (χ1v) is 5.89. The minimum absolute atomic E-state index is 0.251. The van der Waals surface area contributed by atoms with Gasteiger partial charge in [0.25, 0.3) is 0 Å². The van der Waals surface area contributed by atoms with Gasteiger partial charge in [0, 0.05) is 0 Å². The molecule has 2 rings (SSSR count). The van der Waals surface area contributed by atoms with Gasteiger partial charge >= 0.3 is 11.7 Å². The summed E-state index contributed by atoms with van der Waals surface area (Å²) in [5, 5.41) is 0. The van der Waals surface area contributed by atoms with Gasteiger partial charge in [0.1, 0.15) is 6.23 Å². The maximum absolute atomic E-state index is 13.3. The number of esters is 1. The Bertz CT molecular complexity index is 545. The van der Waals surface area contributed by atoms with Crippen LogP contribution < -0.4 is 11.4 Å². The van der Waals surface area contributed by atoms with Crippen molar-refractivity contribution in [3.63, 3.8) is 0 Å². The molecule has 19 heavy (non-hydrogen) atoms. The summed E-state index contributed by atoms with van der Waals surface area (Å²) in [4.78, 5) is 26.4. The lowest BCUT2D eigenvalue weighted by molar-refractivity contribution is -0.157. The van der Waals surface area contributed by atoms with Crippen LogP contribution in [0.15, 0.2) is 11.0 Å². The van der Waals surface area contributed by atoms with Gasteiger partial charge in [0.15, 0.2) is 17.7 Å². The molecule has 2 N–H and O–H groups in total. The van der Waals surface area contributed by atoms with E-state index in [1.54, 1.807) is 6.92 Å². The predicted octanol–water partition coefficient (Wildman–Crippen LogP) is 0.205. The van der Waals surface area contributed by atoms with E-state index >= 15 is 0 Å². The zero-order valence-electron chi connectivity index (χ0n) is 10.3. The van der Waals surface area contributed by atoms with Gasteiger partial charge in [-0.2, -0.15) is 4.98 Å². The Morgan fingerprint density at radius 1 is 1.68 bits per heavy atom. The highest BCUT2D eigenvalue weighted by Crippen LogP contribution is 2.28. The Morgan fingerprint density at radius 3 is 3.11 bits per heavy atom. The Labute approximate surface area is 108 Å². The summed E-state index contributed by atoms with van der Waals surface area (Å²) in [6.07, 6.45) is 0.265. The van der Waals surface area contributed by atoms with E-state index in [-0.39, 0.29) is 6.61 Å². The SMILES string of the molecule is CCOC(=O)C1CC[C@@H](n2cc(F)c(N)nc2=O)O1. The second-order valence-corrected chi connectivity index (χ2v) is 4.07. The van der Waals surface area contributed by atoms with Gasteiger partial charge in [-0.1, -0.05) is 0 Å². The number of carbonyl (C=O) groups is 1. The third kappa shape index (κ3) is 2.73. The summed E-state index contributed by atoms with van der Waals surface area (Å²) in [5.41, 5.74) is 4.47. The molecule has 0 amide bonds. The van der Waals surface area contributed by atoms with E-state index in [1.165, 1.54) is 0 Å². The molecule has 1 aromatic rings. The van der Waals surface area contributed by atoms with Crippen molar-refractivity contribution < 1.29 is 18.7 Å². The van der Waals surface area contributed by atoms with Crippen molar-refractivity contribution in [2.24, 2.45) is 0 Å². The molecule has 0 spiro atoms. The zero-order valence-corrected chi connectivity index (χ0v) is 10.3. The molecule has 0 aromatic carbocycles. The number of anilines is 1. The molecule has 104 valence electrons. The zero-order chi connectivity index (χ0) is 14.0. The summed E-state index contributed by atoms with van der Waals surface area (Å²) < 4.78 is 24.5. The van der Waals surface area contributed by atoms with Crippen LogP contribution >= 0.6 is 0 Å². The molecule has 1 aliphatic rings. The minimum atomic E-state index is -0.803. The molecule has 8 heteroatoms.